The standard InChI is InChI=1S/C18H29N3/c1-18(2,3)16-11-14(13-19-15-7-8-15)12-17(20-16)21-9-5-4-6-10-21/h11-12,15,19H,4-10,13H2,1-3H3. The molecule has 3 nitrogen and oxygen atoms in total. The maximum Gasteiger partial charge on any atom is 0.129 e. The smallest absolute Gasteiger partial charge is 0.129 e. The Kier molecular flexibility index (Phi) is 4.21. The highest BCUT2D eigenvalue weighted by molar-refractivity contribution is 5.44. The monoisotopic (exact) mass is 287 g/mol. The minimum atomic E-state index is 0.111. The third-order valence-electron chi connectivity index (χ3n) is 4.49. The Labute approximate surface area is 129 Å². The van der Waals surface area contributed by atoms with Crippen molar-refractivity contribution in [3.63, 3.8) is 0 Å². The van der Waals surface area contributed by atoms with Crippen molar-refractivity contribution >= 4 is 5.82 Å². The van der Waals surface area contributed by atoms with Crippen LogP contribution in [0.3, 0.4) is 0 Å². The van der Waals surface area contributed by atoms with Gasteiger partial charge in [0.1, 0.15) is 5.82 Å². The van der Waals surface area contributed by atoms with Crippen molar-refractivity contribution in [2.45, 2.75) is 70.9 Å². The van der Waals surface area contributed by atoms with Gasteiger partial charge in [0, 0.05) is 36.8 Å². The van der Waals surface area contributed by atoms with Gasteiger partial charge in [0.2, 0.25) is 0 Å². The Bertz CT molecular complexity index is 480. The SMILES string of the molecule is CC(C)(C)c1cc(CNC2CC2)cc(N2CCCCC2)n1. The molecule has 0 amide bonds. The second-order valence-electron chi connectivity index (χ2n) is 7.67. The van der Waals surface area contributed by atoms with Crippen LogP contribution >= 0.6 is 0 Å². The maximum atomic E-state index is 4.97. The lowest BCUT2D eigenvalue weighted by Gasteiger charge is -2.30. The Morgan fingerprint density at radius 3 is 2.48 bits per heavy atom. The Balaban J connectivity index is 1.83. The zero-order chi connectivity index (χ0) is 14.9. The van der Waals surface area contributed by atoms with Gasteiger partial charge in [-0.15, -0.1) is 0 Å². The molecule has 1 aliphatic heterocycles. The summed E-state index contributed by atoms with van der Waals surface area (Å²) in [6.07, 6.45) is 6.66. The molecule has 0 radical (unpaired) electrons. The van der Waals surface area contributed by atoms with E-state index in [9.17, 15) is 0 Å². The fourth-order valence-electron chi connectivity index (χ4n) is 2.89. The Hall–Kier alpha value is -1.09. The molecule has 2 fully saturated rings. The molecule has 3 rings (SSSR count). The number of hydrogen-bond donors (Lipinski definition) is 1. The molecule has 0 atom stereocenters. The fourth-order valence-corrected chi connectivity index (χ4v) is 2.89. The number of aromatic nitrogens is 1. The summed E-state index contributed by atoms with van der Waals surface area (Å²) in [5.41, 5.74) is 2.72. The first-order valence-electron chi connectivity index (χ1n) is 8.52. The van der Waals surface area contributed by atoms with Gasteiger partial charge in [-0.1, -0.05) is 20.8 Å². The van der Waals surface area contributed by atoms with Gasteiger partial charge in [-0.2, -0.15) is 0 Å². The third kappa shape index (κ3) is 3.97. The van der Waals surface area contributed by atoms with Crippen LogP contribution < -0.4 is 10.2 Å². The zero-order valence-corrected chi connectivity index (χ0v) is 13.8. The highest BCUT2D eigenvalue weighted by Gasteiger charge is 2.22. The number of rotatable bonds is 4. The van der Waals surface area contributed by atoms with E-state index in [1.807, 2.05) is 0 Å². The second-order valence-corrected chi connectivity index (χ2v) is 7.67. The van der Waals surface area contributed by atoms with Crippen LogP contribution in [0, 0.1) is 0 Å². The van der Waals surface area contributed by atoms with E-state index in [1.165, 1.54) is 49.2 Å². The molecule has 0 aromatic carbocycles. The van der Waals surface area contributed by atoms with E-state index < -0.39 is 0 Å². The van der Waals surface area contributed by atoms with Crippen LogP contribution in [-0.4, -0.2) is 24.1 Å². The van der Waals surface area contributed by atoms with Gasteiger partial charge in [-0.25, -0.2) is 4.98 Å². The lowest BCUT2D eigenvalue weighted by Crippen LogP contribution is -2.31. The average molecular weight is 287 g/mol. The molecule has 1 saturated heterocycles. The Morgan fingerprint density at radius 2 is 1.86 bits per heavy atom. The lowest BCUT2D eigenvalue weighted by atomic mass is 9.90. The third-order valence-corrected chi connectivity index (χ3v) is 4.49. The molecule has 0 bridgehead atoms. The molecule has 116 valence electrons. The summed E-state index contributed by atoms with van der Waals surface area (Å²) in [7, 11) is 0. The molecular weight excluding hydrogens is 258 g/mol. The summed E-state index contributed by atoms with van der Waals surface area (Å²) in [5.74, 6) is 1.19. The molecule has 3 heteroatoms. The minimum Gasteiger partial charge on any atom is -0.357 e. The van der Waals surface area contributed by atoms with Crippen LogP contribution in [0.4, 0.5) is 5.82 Å². The van der Waals surface area contributed by atoms with Crippen LogP contribution in [0.2, 0.25) is 0 Å². The molecule has 1 aromatic rings. The molecular formula is C18H29N3. The highest BCUT2D eigenvalue weighted by atomic mass is 15.2. The van der Waals surface area contributed by atoms with Gasteiger partial charge in [-0.05, 0) is 49.8 Å². The molecule has 1 saturated carbocycles. The number of nitrogens with one attached hydrogen (secondary N) is 1. The van der Waals surface area contributed by atoms with Gasteiger partial charge in [-0.3, -0.25) is 0 Å². The maximum absolute atomic E-state index is 4.97. The van der Waals surface area contributed by atoms with Crippen LogP contribution in [0.1, 0.15) is 64.1 Å². The van der Waals surface area contributed by atoms with Crippen LogP contribution in [0.15, 0.2) is 12.1 Å². The molecule has 0 unspecified atom stereocenters. The number of pyridine rings is 1. The largest absolute Gasteiger partial charge is 0.357 e. The summed E-state index contributed by atoms with van der Waals surface area (Å²) in [6.45, 7) is 10.1. The molecule has 1 N–H and O–H groups in total. The van der Waals surface area contributed by atoms with Crippen LogP contribution in [0.5, 0.6) is 0 Å². The summed E-state index contributed by atoms with van der Waals surface area (Å²) >= 11 is 0. The van der Waals surface area contributed by atoms with Crippen LogP contribution in [-0.2, 0) is 12.0 Å². The van der Waals surface area contributed by atoms with Gasteiger partial charge in [0.15, 0.2) is 0 Å². The molecule has 21 heavy (non-hydrogen) atoms. The first-order valence-corrected chi connectivity index (χ1v) is 8.52. The van der Waals surface area contributed by atoms with Crippen molar-refractivity contribution < 1.29 is 0 Å². The molecule has 1 aliphatic carbocycles. The molecule has 2 aliphatic rings. The molecule has 2 heterocycles. The van der Waals surface area contributed by atoms with Crippen molar-refractivity contribution in [3.05, 3.63) is 23.4 Å². The van der Waals surface area contributed by atoms with Crippen molar-refractivity contribution in [2.24, 2.45) is 0 Å². The Morgan fingerprint density at radius 1 is 1.14 bits per heavy atom. The van der Waals surface area contributed by atoms with Gasteiger partial charge in [0.05, 0.1) is 0 Å². The second kappa shape index (κ2) is 5.96. The van der Waals surface area contributed by atoms with E-state index in [4.69, 9.17) is 4.98 Å². The van der Waals surface area contributed by atoms with Crippen molar-refractivity contribution in [2.75, 3.05) is 18.0 Å². The summed E-state index contributed by atoms with van der Waals surface area (Å²) in [6, 6.07) is 5.35. The molecule has 0 spiro atoms. The normalized spacial score (nSPS) is 19.9. The average Bonchev–Trinajstić information content (AvgIpc) is 3.29. The zero-order valence-electron chi connectivity index (χ0n) is 13.8. The van der Waals surface area contributed by atoms with E-state index >= 15 is 0 Å². The molecule has 1 aromatic heterocycles. The first kappa shape index (κ1) is 14.8. The number of hydrogen-bond acceptors (Lipinski definition) is 3. The van der Waals surface area contributed by atoms with E-state index in [2.05, 4.69) is 43.1 Å². The summed E-state index contributed by atoms with van der Waals surface area (Å²) in [5, 5.41) is 3.64. The van der Waals surface area contributed by atoms with Gasteiger partial charge in [0.25, 0.3) is 0 Å². The lowest BCUT2D eigenvalue weighted by molar-refractivity contribution is 0.551. The van der Waals surface area contributed by atoms with Crippen molar-refractivity contribution in [1.29, 1.82) is 0 Å². The number of anilines is 1. The van der Waals surface area contributed by atoms with E-state index in [1.54, 1.807) is 0 Å². The predicted octanol–water partition coefficient (Wildman–Crippen LogP) is 3.62. The number of piperidine rings is 1. The topological polar surface area (TPSA) is 28.2 Å². The van der Waals surface area contributed by atoms with Gasteiger partial charge < -0.3 is 10.2 Å². The van der Waals surface area contributed by atoms with Crippen molar-refractivity contribution in [1.82, 2.24) is 10.3 Å². The summed E-state index contributed by atoms with van der Waals surface area (Å²) < 4.78 is 0. The van der Waals surface area contributed by atoms with Crippen LogP contribution in [0.25, 0.3) is 0 Å². The quantitative estimate of drug-likeness (QED) is 0.916. The van der Waals surface area contributed by atoms with Crippen molar-refractivity contribution in [3.8, 4) is 0 Å². The summed E-state index contributed by atoms with van der Waals surface area (Å²) in [4.78, 5) is 7.44. The highest BCUT2D eigenvalue weighted by Crippen LogP contribution is 2.27. The van der Waals surface area contributed by atoms with E-state index in [-0.39, 0.29) is 5.41 Å². The first-order chi connectivity index (χ1) is 10.0. The fraction of sp³-hybridized carbons (Fsp3) is 0.722. The van der Waals surface area contributed by atoms with Gasteiger partial charge >= 0.3 is 0 Å². The van der Waals surface area contributed by atoms with E-state index in [0.29, 0.717) is 0 Å². The predicted molar refractivity (Wildman–Crippen MR) is 88.9 cm³/mol. The number of nitrogens with zero attached hydrogens (tertiary/aromatic N) is 2. The minimum absolute atomic E-state index is 0.111. The van der Waals surface area contributed by atoms with E-state index in [0.717, 1.165) is 25.7 Å².